The molecule has 0 aliphatic carbocycles. The zero-order valence-electron chi connectivity index (χ0n) is 9.95. The van der Waals surface area contributed by atoms with Gasteiger partial charge in [-0.2, -0.15) is 0 Å². The van der Waals surface area contributed by atoms with Crippen LogP contribution in [-0.2, 0) is 9.53 Å². The number of likely N-dealkylation sites (N-methyl/N-ethyl adjacent to an activating group) is 1. The molecule has 0 aliphatic rings. The Balaban J connectivity index is 3.05. The summed E-state index contributed by atoms with van der Waals surface area (Å²) in [7, 11) is 1.21. The lowest BCUT2D eigenvalue weighted by Gasteiger charge is -2.14. The number of pyridine rings is 1. The third-order valence-electron chi connectivity index (χ3n) is 2.25. The Kier molecular flexibility index (Phi) is 5.24. The van der Waals surface area contributed by atoms with Crippen molar-refractivity contribution in [3.8, 4) is 0 Å². The number of ether oxygens (including phenoxy) is 1. The molecule has 1 heterocycles. The minimum atomic E-state index is -1.07. The average Bonchev–Trinajstić information content (AvgIpc) is 2.37. The van der Waals surface area contributed by atoms with Gasteiger partial charge in [-0.05, 0) is 28.5 Å². The van der Waals surface area contributed by atoms with E-state index in [-0.39, 0.29) is 15.6 Å². The molecule has 1 aromatic rings. The van der Waals surface area contributed by atoms with Crippen LogP contribution in [0, 0.1) is 0 Å². The number of nitrogens with one attached hydrogen (secondary N) is 2. The van der Waals surface area contributed by atoms with E-state index >= 15 is 0 Å². The standard InChI is InChI=1S/C11H13BrN2O4/c1-3-13-8(11(17)18-2)9(15)6-4-7(12)10(16)14-5-6/h4-5,8,13H,3H2,1-2H3,(H,14,16). The lowest BCUT2D eigenvalue weighted by Crippen LogP contribution is -2.44. The van der Waals surface area contributed by atoms with Crippen LogP contribution in [0.3, 0.4) is 0 Å². The Bertz CT molecular complexity index is 512. The van der Waals surface area contributed by atoms with Gasteiger partial charge in [0.05, 0.1) is 11.6 Å². The molecule has 7 heteroatoms. The first-order valence-corrected chi connectivity index (χ1v) is 6.04. The summed E-state index contributed by atoms with van der Waals surface area (Å²) in [5.74, 6) is -1.12. The van der Waals surface area contributed by atoms with Crippen molar-refractivity contribution in [2.24, 2.45) is 0 Å². The number of methoxy groups -OCH3 is 1. The highest BCUT2D eigenvalue weighted by atomic mass is 79.9. The second-order valence-electron chi connectivity index (χ2n) is 3.44. The van der Waals surface area contributed by atoms with Crippen molar-refractivity contribution < 1.29 is 14.3 Å². The topological polar surface area (TPSA) is 88.3 Å². The molecule has 18 heavy (non-hydrogen) atoms. The van der Waals surface area contributed by atoms with E-state index in [1.54, 1.807) is 6.92 Å². The molecule has 0 fully saturated rings. The lowest BCUT2D eigenvalue weighted by molar-refractivity contribution is -0.141. The summed E-state index contributed by atoms with van der Waals surface area (Å²) < 4.78 is 4.79. The van der Waals surface area contributed by atoms with Crippen LogP contribution >= 0.6 is 15.9 Å². The summed E-state index contributed by atoms with van der Waals surface area (Å²) in [6.45, 7) is 2.21. The monoisotopic (exact) mass is 316 g/mol. The number of H-pyrrole nitrogens is 1. The molecule has 0 saturated heterocycles. The quantitative estimate of drug-likeness (QED) is 0.468. The van der Waals surface area contributed by atoms with E-state index in [1.165, 1.54) is 19.4 Å². The molecule has 1 rings (SSSR count). The molecule has 98 valence electrons. The highest BCUT2D eigenvalue weighted by Crippen LogP contribution is 2.08. The second kappa shape index (κ2) is 6.46. The second-order valence-corrected chi connectivity index (χ2v) is 4.30. The van der Waals surface area contributed by atoms with Gasteiger partial charge in [0.15, 0.2) is 11.8 Å². The molecule has 0 aromatic carbocycles. The SMILES string of the molecule is CCNC(C(=O)OC)C(=O)c1c[nH]c(=O)c(Br)c1. The number of aromatic amines is 1. The normalized spacial score (nSPS) is 11.9. The molecule has 0 saturated carbocycles. The number of halogens is 1. The highest BCUT2D eigenvalue weighted by Gasteiger charge is 2.27. The fourth-order valence-electron chi connectivity index (χ4n) is 1.37. The first-order valence-electron chi connectivity index (χ1n) is 5.25. The maximum atomic E-state index is 12.1. The zero-order chi connectivity index (χ0) is 13.7. The van der Waals surface area contributed by atoms with Crippen LogP contribution < -0.4 is 10.9 Å². The number of carbonyl (C=O) groups excluding carboxylic acids is 2. The van der Waals surface area contributed by atoms with Gasteiger partial charge in [0.2, 0.25) is 0 Å². The average molecular weight is 317 g/mol. The van der Waals surface area contributed by atoms with Crippen LogP contribution in [-0.4, -0.2) is 36.4 Å². The van der Waals surface area contributed by atoms with Crippen LogP contribution in [0.25, 0.3) is 0 Å². The van der Waals surface area contributed by atoms with Crippen molar-refractivity contribution in [2.45, 2.75) is 13.0 Å². The van der Waals surface area contributed by atoms with Crippen LogP contribution in [0.4, 0.5) is 0 Å². The fourth-order valence-corrected chi connectivity index (χ4v) is 1.73. The summed E-state index contributed by atoms with van der Waals surface area (Å²) in [5, 5.41) is 2.73. The molecular formula is C11H13BrN2O4. The summed E-state index contributed by atoms with van der Waals surface area (Å²) in [4.78, 5) is 37.1. The van der Waals surface area contributed by atoms with Crippen molar-refractivity contribution in [3.63, 3.8) is 0 Å². The van der Waals surface area contributed by atoms with Crippen molar-refractivity contribution in [1.29, 1.82) is 0 Å². The molecule has 0 spiro atoms. The molecule has 0 aliphatic heterocycles. The van der Waals surface area contributed by atoms with E-state index in [0.29, 0.717) is 6.54 Å². The van der Waals surface area contributed by atoms with Crippen molar-refractivity contribution in [1.82, 2.24) is 10.3 Å². The number of carbonyl (C=O) groups is 2. The van der Waals surface area contributed by atoms with Crippen molar-refractivity contribution >= 4 is 27.7 Å². The number of Topliss-reactive ketones (excluding diaryl/α,β-unsaturated/α-hetero) is 1. The number of rotatable bonds is 5. The van der Waals surface area contributed by atoms with E-state index < -0.39 is 17.8 Å². The van der Waals surface area contributed by atoms with Gasteiger partial charge in [0.25, 0.3) is 5.56 Å². The van der Waals surface area contributed by atoms with Crippen LogP contribution in [0.15, 0.2) is 21.5 Å². The van der Waals surface area contributed by atoms with E-state index in [0.717, 1.165) is 0 Å². The Hall–Kier alpha value is -1.47. The van der Waals surface area contributed by atoms with Gasteiger partial charge >= 0.3 is 5.97 Å². The van der Waals surface area contributed by atoms with Gasteiger partial charge in [0, 0.05) is 11.8 Å². The number of hydrogen-bond acceptors (Lipinski definition) is 5. The van der Waals surface area contributed by atoms with Crippen LogP contribution in [0.5, 0.6) is 0 Å². The van der Waals surface area contributed by atoms with E-state index in [4.69, 9.17) is 0 Å². The molecule has 1 unspecified atom stereocenters. The minimum Gasteiger partial charge on any atom is -0.468 e. The number of esters is 1. The third-order valence-corrected chi connectivity index (χ3v) is 2.84. The van der Waals surface area contributed by atoms with Crippen LogP contribution in [0.2, 0.25) is 0 Å². The molecule has 6 nitrogen and oxygen atoms in total. The predicted molar refractivity (Wildman–Crippen MR) is 68.6 cm³/mol. The molecule has 1 atom stereocenters. The fraction of sp³-hybridized carbons (Fsp3) is 0.364. The first kappa shape index (κ1) is 14.6. The molecule has 0 bridgehead atoms. The van der Waals surface area contributed by atoms with E-state index in [1.807, 2.05) is 0 Å². The zero-order valence-corrected chi connectivity index (χ0v) is 11.5. The van der Waals surface area contributed by atoms with E-state index in [9.17, 15) is 14.4 Å². The third kappa shape index (κ3) is 3.27. The smallest absolute Gasteiger partial charge is 0.331 e. The molecule has 2 N–H and O–H groups in total. The Labute approximate surface area is 112 Å². The predicted octanol–water partition coefficient (Wildman–Crippen LogP) is 0.471. The number of hydrogen-bond donors (Lipinski definition) is 2. The molecule has 0 amide bonds. The molecule has 0 radical (unpaired) electrons. The lowest BCUT2D eigenvalue weighted by atomic mass is 10.1. The Morgan fingerprint density at radius 2 is 2.22 bits per heavy atom. The highest BCUT2D eigenvalue weighted by molar-refractivity contribution is 9.10. The van der Waals surface area contributed by atoms with Gasteiger partial charge in [0.1, 0.15) is 0 Å². The van der Waals surface area contributed by atoms with Gasteiger partial charge in [-0.25, -0.2) is 4.79 Å². The Morgan fingerprint density at radius 1 is 1.56 bits per heavy atom. The summed E-state index contributed by atoms with van der Waals surface area (Å²) in [6.07, 6.45) is 1.27. The maximum absolute atomic E-state index is 12.1. The summed E-state index contributed by atoms with van der Waals surface area (Å²) in [6, 6.07) is 0.298. The van der Waals surface area contributed by atoms with Gasteiger partial charge < -0.3 is 9.72 Å². The summed E-state index contributed by atoms with van der Waals surface area (Å²) >= 11 is 3.02. The number of ketones is 1. The van der Waals surface area contributed by atoms with E-state index in [2.05, 4.69) is 31.0 Å². The molecule has 1 aromatic heterocycles. The Morgan fingerprint density at radius 3 is 2.72 bits per heavy atom. The summed E-state index contributed by atoms with van der Waals surface area (Å²) in [5.41, 5.74) is -0.123. The van der Waals surface area contributed by atoms with Gasteiger partial charge in [-0.15, -0.1) is 0 Å². The van der Waals surface area contributed by atoms with Crippen molar-refractivity contribution in [3.05, 3.63) is 32.7 Å². The van der Waals surface area contributed by atoms with Crippen LogP contribution in [0.1, 0.15) is 17.3 Å². The largest absolute Gasteiger partial charge is 0.468 e. The number of aromatic nitrogens is 1. The first-order chi connectivity index (χ1) is 8.51. The van der Waals surface area contributed by atoms with Crippen molar-refractivity contribution in [2.75, 3.05) is 13.7 Å². The maximum Gasteiger partial charge on any atom is 0.331 e. The minimum absolute atomic E-state index is 0.220. The van der Waals surface area contributed by atoms with Gasteiger partial charge in [-0.3, -0.25) is 14.9 Å². The van der Waals surface area contributed by atoms with Gasteiger partial charge in [-0.1, -0.05) is 6.92 Å². The molecular weight excluding hydrogens is 304 g/mol.